The lowest BCUT2D eigenvalue weighted by Gasteiger charge is -2.33. The van der Waals surface area contributed by atoms with Crippen molar-refractivity contribution in [3.05, 3.63) is 29.3 Å². The maximum Gasteiger partial charge on any atom is 0.311 e. The molecule has 1 N–H and O–H groups in total. The van der Waals surface area contributed by atoms with Gasteiger partial charge in [0.25, 0.3) is 0 Å². The number of nitrogens with one attached hydrogen (secondary N) is 1. The number of hydrogen-bond acceptors (Lipinski definition) is 4. The molecular formula is C17H23N3O4S. The summed E-state index contributed by atoms with van der Waals surface area (Å²) in [5.74, 6) is -1.16. The Morgan fingerprint density at radius 1 is 1.08 bits per heavy atom. The lowest BCUT2D eigenvalue weighted by Crippen LogP contribution is -2.54. The molecule has 0 bridgehead atoms. The van der Waals surface area contributed by atoms with Gasteiger partial charge in [0.2, 0.25) is 10.0 Å². The van der Waals surface area contributed by atoms with Crippen LogP contribution in [0.25, 0.3) is 0 Å². The Bertz CT molecular complexity index is 794. The molecule has 25 heavy (non-hydrogen) atoms. The molecule has 0 unspecified atom stereocenters. The summed E-state index contributed by atoms with van der Waals surface area (Å²) in [7, 11) is -3.59. The number of rotatable bonds is 3. The quantitative estimate of drug-likeness (QED) is 0.787. The molecule has 136 valence electrons. The molecule has 1 aliphatic heterocycles. The Hall–Kier alpha value is -1.93. The summed E-state index contributed by atoms with van der Waals surface area (Å²) in [5, 5.41) is 2.67. The third-order valence-corrected chi connectivity index (χ3v) is 6.64. The Labute approximate surface area is 148 Å². The van der Waals surface area contributed by atoms with E-state index in [1.165, 1.54) is 9.21 Å². The summed E-state index contributed by atoms with van der Waals surface area (Å²) >= 11 is 0. The molecule has 0 atom stereocenters. The van der Waals surface area contributed by atoms with E-state index in [1.807, 2.05) is 13.0 Å². The number of hydrogen-bond donors (Lipinski definition) is 1. The van der Waals surface area contributed by atoms with Gasteiger partial charge in [0, 0.05) is 32.2 Å². The topological polar surface area (TPSA) is 86.8 Å². The van der Waals surface area contributed by atoms with Crippen molar-refractivity contribution in [2.75, 3.05) is 26.2 Å². The van der Waals surface area contributed by atoms with Crippen LogP contribution in [0, 0.1) is 13.8 Å². The van der Waals surface area contributed by atoms with Crippen molar-refractivity contribution in [2.45, 2.75) is 37.6 Å². The van der Waals surface area contributed by atoms with E-state index < -0.39 is 21.8 Å². The summed E-state index contributed by atoms with van der Waals surface area (Å²) < 4.78 is 27.0. The summed E-state index contributed by atoms with van der Waals surface area (Å²) in [6, 6.07) is 5.37. The maximum absolute atomic E-state index is 12.8. The lowest BCUT2D eigenvalue weighted by molar-refractivity contribution is -0.146. The van der Waals surface area contributed by atoms with Crippen molar-refractivity contribution >= 4 is 21.8 Å². The lowest BCUT2D eigenvalue weighted by atomic mass is 10.2. The Balaban J connectivity index is 1.64. The predicted octanol–water partition coefficient (Wildman–Crippen LogP) is 0.415. The first-order valence-corrected chi connectivity index (χ1v) is 9.90. The van der Waals surface area contributed by atoms with Gasteiger partial charge in [-0.3, -0.25) is 9.59 Å². The zero-order valence-electron chi connectivity index (χ0n) is 14.5. The minimum atomic E-state index is -3.59. The molecular weight excluding hydrogens is 342 g/mol. The Kier molecular flexibility index (Phi) is 4.83. The van der Waals surface area contributed by atoms with Crippen molar-refractivity contribution < 1.29 is 18.0 Å². The first-order chi connectivity index (χ1) is 11.8. The molecule has 1 aromatic rings. The van der Waals surface area contributed by atoms with Crippen LogP contribution in [0.4, 0.5) is 0 Å². The second-order valence-corrected chi connectivity index (χ2v) is 8.62. The molecule has 0 radical (unpaired) electrons. The average molecular weight is 365 g/mol. The van der Waals surface area contributed by atoms with Crippen molar-refractivity contribution in [1.29, 1.82) is 0 Å². The normalized spacial score (nSPS) is 18.9. The highest BCUT2D eigenvalue weighted by Crippen LogP contribution is 2.22. The van der Waals surface area contributed by atoms with E-state index in [9.17, 15) is 18.0 Å². The van der Waals surface area contributed by atoms with E-state index in [1.54, 1.807) is 19.1 Å². The van der Waals surface area contributed by atoms with Gasteiger partial charge in [-0.25, -0.2) is 8.42 Å². The van der Waals surface area contributed by atoms with Crippen LogP contribution < -0.4 is 5.32 Å². The van der Waals surface area contributed by atoms with E-state index in [-0.39, 0.29) is 32.2 Å². The number of piperazine rings is 1. The Morgan fingerprint density at radius 3 is 2.28 bits per heavy atom. The molecule has 8 heteroatoms. The van der Waals surface area contributed by atoms with Crippen LogP contribution in [-0.2, 0) is 19.6 Å². The van der Waals surface area contributed by atoms with Gasteiger partial charge < -0.3 is 10.2 Å². The molecule has 0 spiro atoms. The molecule has 1 heterocycles. The second kappa shape index (κ2) is 6.76. The van der Waals surface area contributed by atoms with E-state index in [0.29, 0.717) is 10.5 Å². The highest BCUT2D eigenvalue weighted by molar-refractivity contribution is 7.89. The smallest absolute Gasteiger partial charge is 0.311 e. The highest BCUT2D eigenvalue weighted by Gasteiger charge is 2.34. The minimum Gasteiger partial charge on any atom is -0.345 e. The molecule has 1 saturated carbocycles. The first kappa shape index (κ1) is 17.9. The number of carbonyl (C=O) groups excluding carboxylic acids is 2. The number of sulfonamides is 1. The van der Waals surface area contributed by atoms with Gasteiger partial charge in [-0.1, -0.05) is 17.7 Å². The molecule has 7 nitrogen and oxygen atoms in total. The van der Waals surface area contributed by atoms with Crippen LogP contribution in [0.3, 0.4) is 0 Å². The molecule has 2 amide bonds. The van der Waals surface area contributed by atoms with Crippen LogP contribution in [-0.4, -0.2) is 61.7 Å². The van der Waals surface area contributed by atoms with Crippen molar-refractivity contribution in [2.24, 2.45) is 0 Å². The van der Waals surface area contributed by atoms with Gasteiger partial charge in [0.1, 0.15) is 0 Å². The predicted molar refractivity (Wildman–Crippen MR) is 92.4 cm³/mol. The number of amides is 2. The monoisotopic (exact) mass is 365 g/mol. The first-order valence-electron chi connectivity index (χ1n) is 8.46. The number of benzene rings is 1. The van der Waals surface area contributed by atoms with Gasteiger partial charge in [0.05, 0.1) is 4.90 Å². The van der Waals surface area contributed by atoms with Gasteiger partial charge in [-0.15, -0.1) is 0 Å². The van der Waals surface area contributed by atoms with Gasteiger partial charge >= 0.3 is 11.8 Å². The summed E-state index contributed by atoms with van der Waals surface area (Å²) in [4.78, 5) is 25.7. The Morgan fingerprint density at radius 2 is 1.72 bits per heavy atom. The van der Waals surface area contributed by atoms with Gasteiger partial charge in [0.15, 0.2) is 0 Å². The number of aryl methyl sites for hydroxylation is 2. The summed E-state index contributed by atoms with van der Waals surface area (Å²) in [5.41, 5.74) is 1.72. The molecule has 1 saturated heterocycles. The van der Waals surface area contributed by atoms with Gasteiger partial charge in [-0.2, -0.15) is 4.31 Å². The second-order valence-electron chi connectivity index (χ2n) is 6.71. The fourth-order valence-corrected chi connectivity index (χ4v) is 4.61. The van der Waals surface area contributed by atoms with Crippen LogP contribution in [0.15, 0.2) is 23.1 Å². The van der Waals surface area contributed by atoms with Crippen molar-refractivity contribution in [1.82, 2.24) is 14.5 Å². The van der Waals surface area contributed by atoms with E-state index in [2.05, 4.69) is 5.32 Å². The van der Waals surface area contributed by atoms with Crippen LogP contribution in [0.5, 0.6) is 0 Å². The van der Waals surface area contributed by atoms with Crippen molar-refractivity contribution in [3.8, 4) is 0 Å². The average Bonchev–Trinajstić information content (AvgIpc) is 3.38. The molecule has 0 aromatic heterocycles. The third kappa shape index (κ3) is 3.85. The van der Waals surface area contributed by atoms with Crippen LogP contribution in [0.1, 0.15) is 24.0 Å². The fraction of sp³-hybridized carbons (Fsp3) is 0.529. The van der Waals surface area contributed by atoms with Crippen LogP contribution >= 0.6 is 0 Å². The fourth-order valence-electron chi connectivity index (χ4n) is 2.98. The zero-order valence-corrected chi connectivity index (χ0v) is 15.3. The van der Waals surface area contributed by atoms with Crippen molar-refractivity contribution in [3.63, 3.8) is 0 Å². The standard InChI is InChI=1S/C17H23N3O4S/c1-12-3-6-15(13(2)11-12)25(23,24)20-9-7-19(8-10-20)17(22)16(21)18-14-4-5-14/h3,6,11,14H,4-5,7-10H2,1-2H3,(H,18,21). The molecule has 3 rings (SSSR count). The minimum absolute atomic E-state index is 0.127. The molecule has 1 aliphatic carbocycles. The number of carbonyl (C=O) groups is 2. The third-order valence-electron chi connectivity index (χ3n) is 4.58. The number of nitrogens with zero attached hydrogens (tertiary/aromatic N) is 2. The SMILES string of the molecule is Cc1ccc(S(=O)(=O)N2CCN(C(=O)C(=O)NC3CC3)CC2)c(C)c1. The van der Waals surface area contributed by atoms with Gasteiger partial charge in [-0.05, 0) is 38.3 Å². The van der Waals surface area contributed by atoms with E-state index in [4.69, 9.17) is 0 Å². The van der Waals surface area contributed by atoms with E-state index in [0.717, 1.165) is 18.4 Å². The molecule has 2 fully saturated rings. The molecule has 1 aromatic carbocycles. The maximum atomic E-state index is 12.8. The zero-order chi connectivity index (χ0) is 18.2. The highest BCUT2D eigenvalue weighted by atomic mass is 32.2. The molecule has 2 aliphatic rings. The van der Waals surface area contributed by atoms with Crippen LogP contribution in [0.2, 0.25) is 0 Å². The van der Waals surface area contributed by atoms with E-state index >= 15 is 0 Å². The largest absolute Gasteiger partial charge is 0.345 e. The summed E-state index contributed by atoms with van der Waals surface area (Å²) in [6.45, 7) is 4.53. The summed E-state index contributed by atoms with van der Waals surface area (Å²) in [6.07, 6.45) is 1.84.